The zero-order valence-corrected chi connectivity index (χ0v) is 11.6. The average Bonchev–Trinajstić information content (AvgIpc) is 2.38. The van der Waals surface area contributed by atoms with Crippen molar-refractivity contribution < 1.29 is 4.74 Å². The van der Waals surface area contributed by atoms with Crippen molar-refractivity contribution >= 4 is 23.2 Å². The van der Waals surface area contributed by atoms with Crippen molar-refractivity contribution in [3.8, 4) is 5.75 Å². The van der Waals surface area contributed by atoms with E-state index in [4.69, 9.17) is 27.9 Å². The summed E-state index contributed by atoms with van der Waals surface area (Å²) in [5.41, 5.74) is 2.22. The first-order valence-electron chi connectivity index (χ1n) is 5.85. The van der Waals surface area contributed by atoms with Crippen LogP contribution in [0.3, 0.4) is 0 Å². The van der Waals surface area contributed by atoms with Crippen molar-refractivity contribution in [2.45, 2.75) is 13.3 Å². The molecule has 0 heterocycles. The molecule has 0 spiro atoms. The van der Waals surface area contributed by atoms with E-state index in [1.54, 1.807) is 6.07 Å². The van der Waals surface area contributed by atoms with Gasteiger partial charge in [-0.3, -0.25) is 0 Å². The highest BCUT2D eigenvalue weighted by atomic mass is 35.5. The van der Waals surface area contributed by atoms with Gasteiger partial charge in [-0.25, -0.2) is 0 Å². The molecular weight excluding hydrogens is 267 g/mol. The van der Waals surface area contributed by atoms with E-state index in [0.717, 1.165) is 17.7 Å². The maximum Gasteiger partial charge on any atom is 0.119 e. The van der Waals surface area contributed by atoms with Gasteiger partial charge in [0.05, 0.1) is 16.7 Å². The number of hydrogen-bond donors (Lipinski definition) is 0. The van der Waals surface area contributed by atoms with E-state index in [0.29, 0.717) is 16.7 Å². The number of rotatable bonds is 4. The summed E-state index contributed by atoms with van der Waals surface area (Å²) in [5, 5.41) is 1.23. The molecule has 0 amide bonds. The summed E-state index contributed by atoms with van der Waals surface area (Å²) in [6, 6.07) is 13.7. The van der Waals surface area contributed by atoms with Gasteiger partial charge in [-0.2, -0.15) is 0 Å². The highest BCUT2D eigenvalue weighted by Gasteiger charge is 2.05. The normalized spacial score (nSPS) is 10.4. The number of benzene rings is 2. The van der Waals surface area contributed by atoms with Crippen LogP contribution >= 0.6 is 23.2 Å². The summed E-state index contributed by atoms with van der Waals surface area (Å²) >= 11 is 12.2. The lowest BCUT2D eigenvalue weighted by Crippen LogP contribution is -1.93. The van der Waals surface area contributed by atoms with Crippen LogP contribution < -0.4 is 4.74 Å². The Morgan fingerprint density at radius 3 is 2.39 bits per heavy atom. The number of ether oxygens (including phenoxy) is 1. The Bertz CT molecular complexity index is 521. The van der Waals surface area contributed by atoms with Gasteiger partial charge in [-0.15, -0.1) is 0 Å². The molecule has 3 heteroatoms. The minimum atomic E-state index is 0.597. The van der Waals surface area contributed by atoms with E-state index in [9.17, 15) is 0 Å². The maximum absolute atomic E-state index is 6.17. The Labute approximate surface area is 117 Å². The maximum atomic E-state index is 6.17. The summed E-state index contributed by atoms with van der Waals surface area (Å²) in [7, 11) is 0. The molecule has 0 atom stereocenters. The smallest absolute Gasteiger partial charge is 0.119 e. The molecule has 0 saturated heterocycles. The molecule has 2 aromatic rings. The van der Waals surface area contributed by atoms with E-state index >= 15 is 0 Å². The Hall–Kier alpha value is -1.18. The molecule has 0 bridgehead atoms. The minimum absolute atomic E-state index is 0.597. The lowest BCUT2D eigenvalue weighted by molar-refractivity contribution is 0.340. The summed E-state index contributed by atoms with van der Waals surface area (Å²) < 4.78 is 5.41. The van der Waals surface area contributed by atoms with Crippen LogP contribution in [0.4, 0.5) is 0 Å². The van der Waals surface area contributed by atoms with Crippen LogP contribution in [-0.4, -0.2) is 6.61 Å². The third-order valence-corrected chi connectivity index (χ3v) is 3.52. The Balaban J connectivity index is 2.16. The molecule has 1 nitrogen and oxygen atoms in total. The third-order valence-electron chi connectivity index (χ3n) is 2.66. The molecule has 2 aromatic carbocycles. The molecule has 0 aliphatic heterocycles. The summed E-state index contributed by atoms with van der Waals surface area (Å²) in [5.74, 6) is 0.887. The predicted octanol–water partition coefficient (Wildman–Crippen LogP) is 4.98. The van der Waals surface area contributed by atoms with Crippen LogP contribution in [0.1, 0.15) is 18.1 Å². The summed E-state index contributed by atoms with van der Waals surface area (Å²) in [6.07, 6.45) is 0.770. The minimum Gasteiger partial charge on any atom is -0.494 e. The molecule has 0 unspecified atom stereocenters. The largest absolute Gasteiger partial charge is 0.494 e. The highest BCUT2D eigenvalue weighted by molar-refractivity contribution is 6.42. The van der Waals surface area contributed by atoms with Crippen molar-refractivity contribution in [3.05, 3.63) is 63.6 Å². The standard InChI is InChI=1S/C15H14Cl2O/c1-2-18-13-8-6-11(7-9-13)10-12-4-3-5-14(16)15(12)17/h3-9H,2,10H2,1H3. The van der Waals surface area contributed by atoms with Gasteiger partial charge in [0.2, 0.25) is 0 Å². The van der Waals surface area contributed by atoms with Gasteiger partial charge in [-0.1, -0.05) is 47.5 Å². The van der Waals surface area contributed by atoms with Crippen LogP contribution in [0.5, 0.6) is 5.75 Å². The Morgan fingerprint density at radius 2 is 1.72 bits per heavy atom. The molecule has 0 fully saturated rings. The van der Waals surface area contributed by atoms with E-state index in [1.165, 1.54) is 5.56 Å². The van der Waals surface area contributed by atoms with E-state index in [1.807, 2.05) is 43.3 Å². The zero-order chi connectivity index (χ0) is 13.0. The predicted molar refractivity (Wildman–Crippen MR) is 76.9 cm³/mol. The summed E-state index contributed by atoms with van der Waals surface area (Å²) in [4.78, 5) is 0. The van der Waals surface area contributed by atoms with E-state index in [2.05, 4.69) is 0 Å². The van der Waals surface area contributed by atoms with Gasteiger partial charge >= 0.3 is 0 Å². The van der Waals surface area contributed by atoms with Crippen molar-refractivity contribution in [2.75, 3.05) is 6.61 Å². The Kier molecular flexibility index (Phi) is 4.51. The molecule has 2 rings (SSSR count). The molecule has 94 valence electrons. The first kappa shape index (κ1) is 13.3. The first-order valence-corrected chi connectivity index (χ1v) is 6.61. The monoisotopic (exact) mass is 280 g/mol. The zero-order valence-electron chi connectivity index (χ0n) is 10.1. The fraction of sp³-hybridized carbons (Fsp3) is 0.200. The molecule has 0 saturated carbocycles. The van der Waals surface area contributed by atoms with Crippen LogP contribution in [0.2, 0.25) is 10.0 Å². The molecular formula is C15H14Cl2O. The molecule has 0 aliphatic rings. The Morgan fingerprint density at radius 1 is 1.00 bits per heavy atom. The lowest BCUT2D eigenvalue weighted by atomic mass is 10.0. The number of halogens is 2. The third kappa shape index (κ3) is 3.18. The second-order valence-electron chi connectivity index (χ2n) is 3.97. The molecule has 0 radical (unpaired) electrons. The van der Waals surface area contributed by atoms with Crippen molar-refractivity contribution in [3.63, 3.8) is 0 Å². The lowest BCUT2D eigenvalue weighted by Gasteiger charge is -2.07. The second kappa shape index (κ2) is 6.12. The van der Waals surface area contributed by atoms with Crippen LogP contribution in [-0.2, 0) is 6.42 Å². The van der Waals surface area contributed by atoms with Gasteiger partial charge in [0.1, 0.15) is 5.75 Å². The van der Waals surface area contributed by atoms with Crippen molar-refractivity contribution in [1.29, 1.82) is 0 Å². The van der Waals surface area contributed by atoms with Crippen LogP contribution in [0.25, 0.3) is 0 Å². The summed E-state index contributed by atoms with van der Waals surface area (Å²) in [6.45, 7) is 2.65. The highest BCUT2D eigenvalue weighted by Crippen LogP contribution is 2.27. The molecule has 0 aromatic heterocycles. The quantitative estimate of drug-likeness (QED) is 0.767. The van der Waals surface area contributed by atoms with Crippen LogP contribution in [0.15, 0.2) is 42.5 Å². The van der Waals surface area contributed by atoms with Gasteiger partial charge < -0.3 is 4.74 Å². The van der Waals surface area contributed by atoms with Gasteiger partial charge in [0, 0.05) is 0 Å². The van der Waals surface area contributed by atoms with E-state index in [-0.39, 0.29) is 0 Å². The fourth-order valence-electron chi connectivity index (χ4n) is 1.78. The van der Waals surface area contributed by atoms with Crippen molar-refractivity contribution in [2.24, 2.45) is 0 Å². The topological polar surface area (TPSA) is 9.23 Å². The number of hydrogen-bond acceptors (Lipinski definition) is 1. The fourth-order valence-corrected chi connectivity index (χ4v) is 2.16. The van der Waals surface area contributed by atoms with Gasteiger partial charge in [0.15, 0.2) is 0 Å². The van der Waals surface area contributed by atoms with Crippen molar-refractivity contribution in [1.82, 2.24) is 0 Å². The van der Waals surface area contributed by atoms with Gasteiger partial charge in [0.25, 0.3) is 0 Å². The average molecular weight is 281 g/mol. The molecule has 18 heavy (non-hydrogen) atoms. The van der Waals surface area contributed by atoms with Crippen LogP contribution in [0, 0.1) is 0 Å². The second-order valence-corrected chi connectivity index (χ2v) is 4.75. The van der Waals surface area contributed by atoms with Gasteiger partial charge in [-0.05, 0) is 42.7 Å². The molecule has 0 aliphatic carbocycles. The van der Waals surface area contributed by atoms with E-state index < -0.39 is 0 Å². The first-order chi connectivity index (χ1) is 8.70. The SMILES string of the molecule is CCOc1ccc(Cc2cccc(Cl)c2Cl)cc1. The molecule has 0 N–H and O–H groups in total.